The predicted molar refractivity (Wildman–Crippen MR) is 63.1 cm³/mol. The Morgan fingerprint density at radius 1 is 1.18 bits per heavy atom. The number of rotatable bonds is 3. The van der Waals surface area contributed by atoms with E-state index in [9.17, 15) is 13.2 Å². The first-order valence-corrected chi connectivity index (χ1v) is 5.73. The highest BCUT2D eigenvalue weighted by Gasteiger charge is 2.34. The minimum absolute atomic E-state index is 0.176. The zero-order valence-corrected chi connectivity index (χ0v) is 10.7. The van der Waals surface area contributed by atoms with Crippen molar-refractivity contribution in [3.05, 3.63) is 34.3 Å². The molecule has 0 saturated heterocycles. The van der Waals surface area contributed by atoms with Crippen molar-refractivity contribution in [2.75, 3.05) is 0 Å². The van der Waals surface area contributed by atoms with Crippen LogP contribution in [-0.4, -0.2) is 6.04 Å². The van der Waals surface area contributed by atoms with Gasteiger partial charge in [-0.3, -0.25) is 0 Å². The van der Waals surface area contributed by atoms with Crippen LogP contribution in [0.25, 0.3) is 0 Å². The van der Waals surface area contributed by atoms with Crippen LogP contribution in [0.1, 0.15) is 37.9 Å². The molecule has 0 aromatic heterocycles. The van der Waals surface area contributed by atoms with Crippen molar-refractivity contribution in [3.8, 4) is 0 Å². The third-order valence-corrected chi connectivity index (χ3v) is 2.81. The van der Waals surface area contributed by atoms with Crippen molar-refractivity contribution in [2.24, 2.45) is 0 Å². The van der Waals surface area contributed by atoms with Crippen LogP contribution >= 0.6 is 11.6 Å². The summed E-state index contributed by atoms with van der Waals surface area (Å²) in [6, 6.07) is 3.94. The molecule has 0 saturated carbocycles. The van der Waals surface area contributed by atoms with E-state index in [1.807, 2.05) is 13.8 Å². The number of hydrogen-bond donors (Lipinski definition) is 1. The van der Waals surface area contributed by atoms with Gasteiger partial charge in [0.1, 0.15) is 0 Å². The number of alkyl halides is 3. The quantitative estimate of drug-likeness (QED) is 0.853. The van der Waals surface area contributed by atoms with Gasteiger partial charge in [0.2, 0.25) is 0 Å². The molecule has 5 heteroatoms. The van der Waals surface area contributed by atoms with Crippen molar-refractivity contribution in [1.29, 1.82) is 0 Å². The van der Waals surface area contributed by atoms with Gasteiger partial charge in [-0.25, -0.2) is 0 Å². The average Bonchev–Trinajstić information content (AvgIpc) is 2.14. The average molecular weight is 266 g/mol. The van der Waals surface area contributed by atoms with E-state index in [1.165, 1.54) is 6.07 Å². The summed E-state index contributed by atoms with van der Waals surface area (Å²) in [5, 5.41) is 2.91. The van der Waals surface area contributed by atoms with Crippen molar-refractivity contribution < 1.29 is 13.2 Å². The normalized spacial score (nSPS) is 14.1. The van der Waals surface area contributed by atoms with Crippen LogP contribution in [0.5, 0.6) is 0 Å². The molecule has 1 nitrogen and oxygen atoms in total. The van der Waals surface area contributed by atoms with Crippen molar-refractivity contribution >= 4 is 11.6 Å². The Morgan fingerprint density at radius 2 is 1.76 bits per heavy atom. The third kappa shape index (κ3) is 3.61. The highest BCUT2D eigenvalue weighted by Crippen LogP contribution is 2.37. The van der Waals surface area contributed by atoms with E-state index in [0.29, 0.717) is 5.56 Å². The molecule has 0 amide bonds. The Bertz CT molecular complexity index is 388. The Balaban J connectivity index is 3.10. The van der Waals surface area contributed by atoms with Crippen molar-refractivity contribution in [3.63, 3.8) is 0 Å². The van der Waals surface area contributed by atoms with Crippen LogP contribution in [0.4, 0.5) is 13.2 Å². The molecular formula is C12H15ClF3N. The lowest BCUT2D eigenvalue weighted by Crippen LogP contribution is -2.26. The summed E-state index contributed by atoms with van der Waals surface area (Å²) in [4.78, 5) is 0. The SMILES string of the molecule is CC(C)N[C@H](C)c1cccc(C(F)(F)F)c1Cl. The zero-order valence-electron chi connectivity index (χ0n) is 9.90. The predicted octanol–water partition coefficient (Wildman–Crippen LogP) is 4.42. The molecule has 96 valence electrons. The summed E-state index contributed by atoms with van der Waals surface area (Å²) in [6.45, 7) is 5.65. The minimum atomic E-state index is -4.41. The van der Waals surface area contributed by atoms with E-state index in [-0.39, 0.29) is 17.1 Å². The molecule has 0 heterocycles. The van der Waals surface area contributed by atoms with E-state index < -0.39 is 11.7 Å². The number of halogens is 4. The fourth-order valence-corrected chi connectivity index (χ4v) is 2.09. The van der Waals surface area contributed by atoms with E-state index in [1.54, 1.807) is 13.0 Å². The number of hydrogen-bond acceptors (Lipinski definition) is 1. The van der Waals surface area contributed by atoms with Gasteiger partial charge in [0.15, 0.2) is 0 Å². The molecule has 1 aromatic rings. The van der Waals surface area contributed by atoms with Crippen LogP contribution in [0.3, 0.4) is 0 Å². The van der Waals surface area contributed by atoms with Crippen molar-refractivity contribution in [1.82, 2.24) is 5.32 Å². The summed E-state index contributed by atoms with van der Waals surface area (Å²) in [5.41, 5.74) is -0.315. The summed E-state index contributed by atoms with van der Waals surface area (Å²) in [6.07, 6.45) is -4.41. The van der Waals surface area contributed by atoms with Gasteiger partial charge in [-0.15, -0.1) is 0 Å². The van der Waals surface area contributed by atoms with Gasteiger partial charge in [-0.1, -0.05) is 37.6 Å². The summed E-state index contributed by atoms with van der Waals surface area (Å²) >= 11 is 5.81. The maximum absolute atomic E-state index is 12.6. The van der Waals surface area contributed by atoms with E-state index in [0.717, 1.165) is 6.07 Å². The molecule has 0 bridgehead atoms. The highest BCUT2D eigenvalue weighted by atomic mass is 35.5. The smallest absolute Gasteiger partial charge is 0.308 e. The van der Waals surface area contributed by atoms with E-state index >= 15 is 0 Å². The molecular weight excluding hydrogens is 251 g/mol. The Hall–Kier alpha value is -0.740. The molecule has 0 radical (unpaired) electrons. The van der Waals surface area contributed by atoms with Gasteiger partial charge in [0.25, 0.3) is 0 Å². The molecule has 0 aliphatic carbocycles. The van der Waals surface area contributed by atoms with E-state index in [2.05, 4.69) is 5.32 Å². The summed E-state index contributed by atoms with van der Waals surface area (Å²) < 4.78 is 37.9. The van der Waals surface area contributed by atoms with Crippen LogP contribution in [0, 0.1) is 0 Å². The lowest BCUT2D eigenvalue weighted by molar-refractivity contribution is -0.137. The molecule has 1 rings (SSSR count). The maximum Gasteiger partial charge on any atom is 0.417 e. The molecule has 0 unspecified atom stereocenters. The van der Waals surface area contributed by atoms with Crippen LogP contribution in [0.2, 0.25) is 5.02 Å². The fourth-order valence-electron chi connectivity index (χ4n) is 1.69. The van der Waals surface area contributed by atoms with Gasteiger partial charge in [-0.2, -0.15) is 13.2 Å². The number of nitrogens with one attached hydrogen (secondary N) is 1. The highest BCUT2D eigenvalue weighted by molar-refractivity contribution is 6.32. The van der Waals surface area contributed by atoms with Crippen LogP contribution < -0.4 is 5.32 Å². The van der Waals surface area contributed by atoms with Gasteiger partial charge in [0.05, 0.1) is 10.6 Å². The molecule has 1 N–H and O–H groups in total. The Morgan fingerprint density at radius 3 is 2.24 bits per heavy atom. The first-order chi connectivity index (χ1) is 7.73. The second-order valence-corrected chi connectivity index (χ2v) is 4.63. The zero-order chi connectivity index (χ0) is 13.2. The molecule has 0 aliphatic rings. The second-order valence-electron chi connectivity index (χ2n) is 4.25. The molecule has 0 fully saturated rings. The minimum Gasteiger partial charge on any atom is -0.308 e. The topological polar surface area (TPSA) is 12.0 Å². The number of benzene rings is 1. The summed E-state index contributed by atoms with van der Waals surface area (Å²) in [7, 11) is 0. The lowest BCUT2D eigenvalue weighted by Gasteiger charge is -2.20. The van der Waals surface area contributed by atoms with E-state index in [4.69, 9.17) is 11.6 Å². The Labute approximate surface area is 104 Å². The first-order valence-electron chi connectivity index (χ1n) is 5.35. The fraction of sp³-hybridized carbons (Fsp3) is 0.500. The monoisotopic (exact) mass is 265 g/mol. The molecule has 1 atom stereocenters. The third-order valence-electron chi connectivity index (χ3n) is 2.38. The van der Waals surface area contributed by atoms with Gasteiger partial charge in [-0.05, 0) is 18.6 Å². The van der Waals surface area contributed by atoms with Gasteiger partial charge in [0, 0.05) is 12.1 Å². The molecule has 17 heavy (non-hydrogen) atoms. The Kier molecular flexibility index (Phi) is 4.44. The maximum atomic E-state index is 12.6. The lowest BCUT2D eigenvalue weighted by atomic mass is 10.0. The largest absolute Gasteiger partial charge is 0.417 e. The molecule has 0 aliphatic heterocycles. The van der Waals surface area contributed by atoms with Crippen LogP contribution in [0.15, 0.2) is 18.2 Å². The van der Waals surface area contributed by atoms with Gasteiger partial charge >= 0.3 is 6.18 Å². The summed E-state index contributed by atoms with van der Waals surface area (Å²) in [5.74, 6) is 0. The first kappa shape index (κ1) is 14.3. The molecule has 1 aromatic carbocycles. The second kappa shape index (κ2) is 5.27. The van der Waals surface area contributed by atoms with Gasteiger partial charge < -0.3 is 5.32 Å². The van der Waals surface area contributed by atoms with Crippen molar-refractivity contribution in [2.45, 2.75) is 39.0 Å². The molecule has 0 spiro atoms. The standard InChI is InChI=1S/C12H15ClF3N/c1-7(2)17-8(3)9-5-4-6-10(11(9)13)12(14,15)16/h4-8,17H,1-3H3/t8-/m1/s1. The van der Waals surface area contributed by atoms with Crippen LogP contribution in [-0.2, 0) is 6.18 Å².